The molecule has 3 N–H and O–H groups in total. The van der Waals surface area contributed by atoms with Crippen molar-refractivity contribution in [1.29, 1.82) is 0 Å². The number of aromatic nitrogens is 3. The van der Waals surface area contributed by atoms with Crippen molar-refractivity contribution in [2.45, 2.75) is 19.9 Å². The van der Waals surface area contributed by atoms with Crippen LogP contribution < -0.4 is 16.0 Å². The number of fused-ring (bicyclic) bond motifs is 2. The van der Waals surface area contributed by atoms with E-state index < -0.39 is 5.91 Å². The maximum atomic E-state index is 11.9. The molecule has 0 unspecified atom stereocenters. The monoisotopic (exact) mass is 412 g/mol. The summed E-state index contributed by atoms with van der Waals surface area (Å²) < 4.78 is 1.95. The van der Waals surface area contributed by atoms with E-state index in [1.54, 1.807) is 6.07 Å². The van der Waals surface area contributed by atoms with E-state index in [1.165, 1.54) is 5.56 Å². The smallest absolute Gasteiger partial charge is 0.250 e. The Hall–Kier alpha value is -3.87. The van der Waals surface area contributed by atoms with Gasteiger partial charge in [-0.3, -0.25) is 4.79 Å². The van der Waals surface area contributed by atoms with E-state index in [1.807, 2.05) is 47.9 Å². The van der Waals surface area contributed by atoms with Crippen LogP contribution >= 0.6 is 0 Å². The summed E-state index contributed by atoms with van der Waals surface area (Å²) in [5.74, 6) is 1.98. The summed E-state index contributed by atoms with van der Waals surface area (Å²) in [6.45, 7) is 3.60. The van der Waals surface area contributed by atoms with Crippen molar-refractivity contribution in [3.63, 3.8) is 0 Å². The van der Waals surface area contributed by atoms with Crippen LogP contribution in [0, 0.1) is 6.92 Å². The lowest BCUT2D eigenvalue weighted by molar-refractivity contribution is 0.100. The maximum absolute atomic E-state index is 11.9. The quantitative estimate of drug-likeness (QED) is 0.524. The number of nitrogens with zero attached hydrogens (tertiary/aromatic N) is 4. The number of rotatable bonds is 5. The average Bonchev–Trinajstić information content (AvgIpc) is 3.31. The van der Waals surface area contributed by atoms with Gasteiger partial charge in [0.15, 0.2) is 5.82 Å². The second-order valence-corrected chi connectivity index (χ2v) is 7.93. The highest BCUT2D eigenvalue weighted by Crippen LogP contribution is 2.34. The fourth-order valence-corrected chi connectivity index (χ4v) is 4.26. The molecule has 31 heavy (non-hydrogen) atoms. The lowest BCUT2D eigenvalue weighted by Gasteiger charge is -2.15. The Morgan fingerprint density at radius 1 is 1.16 bits per heavy atom. The topological polar surface area (TPSA) is 88.5 Å². The fourth-order valence-electron chi connectivity index (χ4n) is 4.26. The highest BCUT2D eigenvalue weighted by Gasteiger charge is 2.25. The molecule has 1 aromatic carbocycles. The highest BCUT2D eigenvalue weighted by molar-refractivity contribution is 6.00. The molecule has 7 heteroatoms. The van der Waals surface area contributed by atoms with Crippen molar-refractivity contribution in [2.75, 3.05) is 23.8 Å². The molecule has 4 heterocycles. The van der Waals surface area contributed by atoms with E-state index in [0.29, 0.717) is 17.9 Å². The zero-order chi connectivity index (χ0) is 21.5. The Morgan fingerprint density at radius 2 is 1.97 bits per heavy atom. The molecule has 7 nitrogen and oxygen atoms in total. The number of hydrogen-bond donors (Lipinski definition) is 2. The van der Waals surface area contributed by atoms with Crippen molar-refractivity contribution >= 4 is 23.1 Å². The Labute approximate surface area is 180 Å². The van der Waals surface area contributed by atoms with Gasteiger partial charge in [-0.05, 0) is 42.7 Å². The summed E-state index contributed by atoms with van der Waals surface area (Å²) in [6, 6.07) is 15.8. The molecule has 0 bridgehead atoms. The van der Waals surface area contributed by atoms with Crippen molar-refractivity contribution in [1.82, 2.24) is 14.4 Å². The Morgan fingerprint density at radius 3 is 2.74 bits per heavy atom. The standard InChI is InChI=1S/C24H24N6O/c1-15-13-19-17(21(25)31)9-6-11-30(19)20(15)23-27-22(18-10-12-29(2)24(18)28-23)26-14-16-7-4-3-5-8-16/h3-9,11,13H,10,12,14H2,1-2H3,(H2,25,31)(H,26,27,28). The lowest BCUT2D eigenvalue weighted by Crippen LogP contribution is -2.15. The van der Waals surface area contributed by atoms with Gasteiger partial charge in [0.1, 0.15) is 11.6 Å². The van der Waals surface area contributed by atoms with Crippen LogP contribution in [0.25, 0.3) is 17.0 Å². The third kappa shape index (κ3) is 3.28. The zero-order valence-corrected chi connectivity index (χ0v) is 17.6. The number of amides is 1. The number of hydrogen-bond acceptors (Lipinski definition) is 5. The molecule has 4 aromatic rings. The largest absolute Gasteiger partial charge is 0.366 e. The van der Waals surface area contributed by atoms with E-state index in [9.17, 15) is 4.79 Å². The number of pyridine rings is 1. The molecule has 0 fully saturated rings. The Balaban J connectivity index is 1.64. The first-order chi connectivity index (χ1) is 15.0. The zero-order valence-electron chi connectivity index (χ0n) is 17.6. The second-order valence-electron chi connectivity index (χ2n) is 7.93. The molecule has 3 aromatic heterocycles. The summed E-state index contributed by atoms with van der Waals surface area (Å²) in [7, 11) is 2.05. The van der Waals surface area contributed by atoms with E-state index >= 15 is 0 Å². The fraction of sp³-hybridized carbons (Fsp3) is 0.208. The van der Waals surface area contributed by atoms with E-state index in [4.69, 9.17) is 15.7 Å². The molecular weight excluding hydrogens is 388 g/mol. The summed E-state index contributed by atoms with van der Waals surface area (Å²) in [5, 5.41) is 3.52. The molecule has 0 spiro atoms. The van der Waals surface area contributed by atoms with Gasteiger partial charge in [-0.2, -0.15) is 0 Å². The van der Waals surface area contributed by atoms with Crippen molar-refractivity contribution in [3.8, 4) is 11.5 Å². The second kappa shape index (κ2) is 7.43. The van der Waals surface area contributed by atoms with Crippen LogP contribution in [0.3, 0.4) is 0 Å². The van der Waals surface area contributed by atoms with Gasteiger partial charge in [-0.25, -0.2) is 9.97 Å². The van der Waals surface area contributed by atoms with Crippen LogP contribution in [0.15, 0.2) is 54.7 Å². The van der Waals surface area contributed by atoms with Gasteiger partial charge >= 0.3 is 0 Å². The van der Waals surface area contributed by atoms with Crippen molar-refractivity contribution in [3.05, 3.63) is 77.0 Å². The van der Waals surface area contributed by atoms with Gasteiger partial charge < -0.3 is 20.4 Å². The minimum Gasteiger partial charge on any atom is -0.366 e. The first-order valence-corrected chi connectivity index (χ1v) is 10.3. The van der Waals surface area contributed by atoms with Gasteiger partial charge in [-0.15, -0.1) is 0 Å². The van der Waals surface area contributed by atoms with Gasteiger partial charge in [0.05, 0.1) is 16.8 Å². The van der Waals surface area contributed by atoms with E-state index in [2.05, 4.69) is 29.4 Å². The van der Waals surface area contributed by atoms with Gasteiger partial charge in [0.2, 0.25) is 0 Å². The summed E-state index contributed by atoms with van der Waals surface area (Å²) >= 11 is 0. The van der Waals surface area contributed by atoms with Gasteiger partial charge in [-0.1, -0.05) is 30.3 Å². The molecule has 1 aliphatic rings. The van der Waals surface area contributed by atoms with E-state index in [-0.39, 0.29) is 0 Å². The first kappa shape index (κ1) is 19.1. The van der Waals surface area contributed by atoms with Crippen LogP contribution in [0.4, 0.5) is 11.6 Å². The van der Waals surface area contributed by atoms with E-state index in [0.717, 1.165) is 46.9 Å². The molecule has 0 radical (unpaired) electrons. The molecular formula is C24H24N6O. The van der Waals surface area contributed by atoms with Crippen LogP contribution in [0.2, 0.25) is 0 Å². The van der Waals surface area contributed by atoms with Crippen LogP contribution in [-0.4, -0.2) is 33.9 Å². The summed E-state index contributed by atoms with van der Waals surface area (Å²) in [5.41, 5.74) is 11.0. The number of benzene rings is 1. The normalized spacial score (nSPS) is 12.9. The predicted octanol–water partition coefficient (Wildman–Crippen LogP) is 3.41. The van der Waals surface area contributed by atoms with Gasteiger partial charge in [0, 0.05) is 31.9 Å². The molecule has 0 saturated carbocycles. The Bertz CT molecular complexity index is 1290. The molecule has 0 atom stereocenters. The predicted molar refractivity (Wildman–Crippen MR) is 122 cm³/mol. The number of aryl methyl sites for hydroxylation is 1. The lowest BCUT2D eigenvalue weighted by atomic mass is 10.2. The van der Waals surface area contributed by atoms with Crippen LogP contribution in [0.5, 0.6) is 0 Å². The van der Waals surface area contributed by atoms with Crippen molar-refractivity contribution < 1.29 is 4.79 Å². The van der Waals surface area contributed by atoms with Crippen LogP contribution in [0.1, 0.15) is 27.0 Å². The number of carbonyl (C=O) groups excluding carboxylic acids is 1. The molecule has 0 saturated heterocycles. The van der Waals surface area contributed by atoms with Crippen molar-refractivity contribution in [2.24, 2.45) is 5.73 Å². The number of carbonyl (C=O) groups is 1. The minimum absolute atomic E-state index is 0.450. The molecule has 5 rings (SSSR count). The first-order valence-electron chi connectivity index (χ1n) is 10.3. The maximum Gasteiger partial charge on any atom is 0.250 e. The average molecular weight is 412 g/mol. The number of likely N-dealkylation sites (N-methyl/N-ethyl adjacent to an activating group) is 1. The number of primary amides is 1. The third-order valence-corrected chi connectivity index (χ3v) is 5.83. The summed E-state index contributed by atoms with van der Waals surface area (Å²) in [4.78, 5) is 23.9. The summed E-state index contributed by atoms with van der Waals surface area (Å²) in [6.07, 6.45) is 2.82. The number of anilines is 2. The van der Waals surface area contributed by atoms with Gasteiger partial charge in [0.25, 0.3) is 5.91 Å². The minimum atomic E-state index is -0.450. The molecule has 1 amide bonds. The Kier molecular flexibility index (Phi) is 4.58. The number of nitrogens with one attached hydrogen (secondary N) is 1. The highest BCUT2D eigenvalue weighted by atomic mass is 16.1. The third-order valence-electron chi connectivity index (χ3n) is 5.83. The molecule has 156 valence electrons. The number of nitrogens with two attached hydrogens (primary N) is 1. The molecule has 1 aliphatic heterocycles. The SMILES string of the molecule is Cc1cc2c(C(N)=O)cccn2c1-c1nc(NCc2ccccc2)c2c(n1)N(C)CC2. The van der Waals surface area contributed by atoms with Crippen LogP contribution in [-0.2, 0) is 13.0 Å². The molecule has 0 aliphatic carbocycles.